The standard InChI is InChI=1S/C6H10O4/c7-5(8)6(9)2-1-3-10-4-6/h9H,1-4H2,(H,7,8). The molecule has 1 unspecified atom stereocenters. The van der Waals surface area contributed by atoms with Gasteiger partial charge in [-0.2, -0.15) is 0 Å². The van der Waals surface area contributed by atoms with Gasteiger partial charge in [-0.3, -0.25) is 0 Å². The molecule has 1 rings (SSSR count). The monoisotopic (exact) mass is 146 g/mol. The summed E-state index contributed by atoms with van der Waals surface area (Å²) >= 11 is 0. The van der Waals surface area contributed by atoms with Gasteiger partial charge in [0.15, 0.2) is 5.60 Å². The van der Waals surface area contributed by atoms with Crippen LogP contribution in [0.4, 0.5) is 0 Å². The van der Waals surface area contributed by atoms with E-state index in [2.05, 4.69) is 0 Å². The van der Waals surface area contributed by atoms with E-state index in [1.165, 1.54) is 0 Å². The second-order valence-electron chi connectivity index (χ2n) is 2.49. The molecule has 0 aromatic carbocycles. The third-order valence-electron chi connectivity index (χ3n) is 1.62. The Morgan fingerprint density at radius 3 is 2.60 bits per heavy atom. The van der Waals surface area contributed by atoms with Gasteiger partial charge in [0, 0.05) is 6.61 Å². The summed E-state index contributed by atoms with van der Waals surface area (Å²) in [6.07, 6.45) is 0.908. The lowest BCUT2D eigenvalue weighted by molar-refractivity contribution is -0.172. The minimum absolute atomic E-state index is 0.0810. The predicted molar refractivity (Wildman–Crippen MR) is 32.6 cm³/mol. The fourth-order valence-electron chi connectivity index (χ4n) is 0.949. The predicted octanol–water partition coefficient (Wildman–Crippen LogP) is -0.387. The van der Waals surface area contributed by atoms with Crippen molar-refractivity contribution in [3.63, 3.8) is 0 Å². The van der Waals surface area contributed by atoms with E-state index in [0.717, 1.165) is 0 Å². The first-order valence-electron chi connectivity index (χ1n) is 3.19. The molecule has 0 aromatic rings. The number of carbonyl (C=O) groups is 1. The van der Waals surface area contributed by atoms with Crippen LogP contribution in [0.3, 0.4) is 0 Å². The maximum atomic E-state index is 10.3. The lowest BCUT2D eigenvalue weighted by atomic mass is 9.97. The summed E-state index contributed by atoms with van der Waals surface area (Å²) in [4.78, 5) is 10.3. The van der Waals surface area contributed by atoms with Crippen molar-refractivity contribution >= 4 is 5.97 Å². The van der Waals surface area contributed by atoms with Crippen LogP contribution in [0.25, 0.3) is 0 Å². The molecule has 0 saturated carbocycles. The summed E-state index contributed by atoms with van der Waals surface area (Å²) in [6, 6.07) is 0. The summed E-state index contributed by atoms with van der Waals surface area (Å²) in [5.41, 5.74) is -1.63. The number of carboxylic acids is 1. The third-order valence-corrected chi connectivity index (χ3v) is 1.62. The van der Waals surface area contributed by atoms with Crippen LogP contribution in [0.15, 0.2) is 0 Å². The molecule has 1 saturated heterocycles. The van der Waals surface area contributed by atoms with E-state index in [4.69, 9.17) is 9.84 Å². The molecule has 4 heteroatoms. The van der Waals surface area contributed by atoms with Crippen LogP contribution in [-0.2, 0) is 9.53 Å². The summed E-state index contributed by atoms with van der Waals surface area (Å²) in [6.45, 7) is 0.470. The van der Waals surface area contributed by atoms with Gasteiger partial charge in [0.25, 0.3) is 0 Å². The summed E-state index contributed by atoms with van der Waals surface area (Å²) in [7, 11) is 0. The number of ether oxygens (including phenoxy) is 1. The molecular weight excluding hydrogens is 136 g/mol. The molecule has 1 atom stereocenters. The van der Waals surface area contributed by atoms with Crippen molar-refractivity contribution in [2.45, 2.75) is 18.4 Å². The highest BCUT2D eigenvalue weighted by atomic mass is 16.5. The van der Waals surface area contributed by atoms with Crippen molar-refractivity contribution in [3.05, 3.63) is 0 Å². The Kier molecular flexibility index (Phi) is 1.92. The maximum absolute atomic E-state index is 10.3. The van der Waals surface area contributed by atoms with Crippen molar-refractivity contribution < 1.29 is 19.7 Å². The molecule has 1 fully saturated rings. The fourth-order valence-corrected chi connectivity index (χ4v) is 0.949. The molecule has 0 aromatic heterocycles. The van der Waals surface area contributed by atoms with Crippen molar-refractivity contribution in [1.29, 1.82) is 0 Å². The maximum Gasteiger partial charge on any atom is 0.338 e. The number of rotatable bonds is 1. The number of aliphatic hydroxyl groups is 1. The zero-order chi connectivity index (χ0) is 7.61. The molecule has 2 N–H and O–H groups in total. The van der Waals surface area contributed by atoms with Crippen LogP contribution in [-0.4, -0.2) is 35.0 Å². The molecule has 0 radical (unpaired) electrons. The van der Waals surface area contributed by atoms with Gasteiger partial charge in [0.2, 0.25) is 0 Å². The molecule has 0 aliphatic carbocycles. The van der Waals surface area contributed by atoms with Gasteiger partial charge in [0.05, 0.1) is 6.61 Å². The van der Waals surface area contributed by atoms with E-state index in [0.29, 0.717) is 19.4 Å². The second-order valence-corrected chi connectivity index (χ2v) is 2.49. The van der Waals surface area contributed by atoms with E-state index in [9.17, 15) is 9.90 Å². The van der Waals surface area contributed by atoms with E-state index in [1.807, 2.05) is 0 Å². The van der Waals surface area contributed by atoms with Crippen molar-refractivity contribution in [3.8, 4) is 0 Å². The molecule has 58 valence electrons. The molecular formula is C6H10O4. The van der Waals surface area contributed by atoms with Crippen LogP contribution in [0.5, 0.6) is 0 Å². The number of aliphatic carboxylic acids is 1. The summed E-state index contributed by atoms with van der Waals surface area (Å²) < 4.78 is 4.82. The Hall–Kier alpha value is -0.610. The van der Waals surface area contributed by atoms with Crippen LogP contribution in [0.1, 0.15) is 12.8 Å². The zero-order valence-electron chi connectivity index (χ0n) is 5.54. The highest BCUT2D eigenvalue weighted by Gasteiger charge is 2.37. The summed E-state index contributed by atoms with van der Waals surface area (Å²) in [5.74, 6) is -1.19. The van der Waals surface area contributed by atoms with Crippen molar-refractivity contribution in [2.24, 2.45) is 0 Å². The molecule has 1 heterocycles. The topological polar surface area (TPSA) is 66.8 Å². The normalized spacial score (nSPS) is 33.7. The van der Waals surface area contributed by atoms with Gasteiger partial charge in [0.1, 0.15) is 0 Å². The molecule has 0 spiro atoms. The third kappa shape index (κ3) is 1.27. The number of carboxylic acid groups (broad SMARTS) is 1. The van der Waals surface area contributed by atoms with Gasteiger partial charge < -0.3 is 14.9 Å². The number of hydrogen-bond donors (Lipinski definition) is 2. The van der Waals surface area contributed by atoms with Crippen LogP contribution in [0.2, 0.25) is 0 Å². The van der Waals surface area contributed by atoms with Gasteiger partial charge in [-0.05, 0) is 12.8 Å². The van der Waals surface area contributed by atoms with E-state index < -0.39 is 11.6 Å². The zero-order valence-corrected chi connectivity index (χ0v) is 5.54. The Bertz CT molecular complexity index is 137. The van der Waals surface area contributed by atoms with Crippen molar-refractivity contribution in [1.82, 2.24) is 0 Å². The first-order valence-corrected chi connectivity index (χ1v) is 3.19. The lowest BCUT2D eigenvalue weighted by Crippen LogP contribution is -2.45. The van der Waals surface area contributed by atoms with Gasteiger partial charge in [-0.25, -0.2) is 4.79 Å². The van der Waals surface area contributed by atoms with Gasteiger partial charge in [-0.1, -0.05) is 0 Å². The van der Waals surface area contributed by atoms with E-state index in [1.54, 1.807) is 0 Å². The molecule has 1 aliphatic rings. The quantitative estimate of drug-likeness (QED) is 0.528. The Morgan fingerprint density at radius 1 is 1.60 bits per heavy atom. The molecule has 0 bridgehead atoms. The molecule has 4 nitrogen and oxygen atoms in total. The van der Waals surface area contributed by atoms with Crippen LogP contribution >= 0.6 is 0 Å². The average Bonchev–Trinajstić information content (AvgIpc) is 1.89. The average molecular weight is 146 g/mol. The first kappa shape index (κ1) is 7.50. The lowest BCUT2D eigenvalue weighted by Gasteiger charge is -2.27. The van der Waals surface area contributed by atoms with E-state index >= 15 is 0 Å². The first-order chi connectivity index (χ1) is 4.65. The molecule has 0 amide bonds. The Labute approximate surface area is 58.4 Å². The summed E-state index contributed by atoms with van der Waals surface area (Å²) in [5, 5.41) is 17.7. The minimum Gasteiger partial charge on any atom is -0.479 e. The highest BCUT2D eigenvalue weighted by Crippen LogP contribution is 2.18. The van der Waals surface area contributed by atoms with Crippen LogP contribution < -0.4 is 0 Å². The molecule has 10 heavy (non-hydrogen) atoms. The van der Waals surface area contributed by atoms with Gasteiger partial charge in [-0.15, -0.1) is 0 Å². The van der Waals surface area contributed by atoms with Crippen LogP contribution in [0, 0.1) is 0 Å². The Balaban J connectivity index is 2.56. The largest absolute Gasteiger partial charge is 0.479 e. The highest BCUT2D eigenvalue weighted by molar-refractivity contribution is 5.77. The smallest absolute Gasteiger partial charge is 0.338 e. The van der Waals surface area contributed by atoms with Gasteiger partial charge >= 0.3 is 5.97 Å². The Morgan fingerprint density at radius 2 is 2.30 bits per heavy atom. The fraction of sp³-hybridized carbons (Fsp3) is 0.833. The van der Waals surface area contributed by atoms with Crippen molar-refractivity contribution in [2.75, 3.05) is 13.2 Å². The molecule has 1 aliphatic heterocycles. The number of hydrogen-bond acceptors (Lipinski definition) is 3. The SMILES string of the molecule is O=C(O)C1(O)CCCOC1. The second kappa shape index (κ2) is 2.56. The minimum atomic E-state index is -1.63. The van der Waals surface area contributed by atoms with E-state index in [-0.39, 0.29) is 6.61 Å².